The fourth-order valence-electron chi connectivity index (χ4n) is 3.35. The summed E-state index contributed by atoms with van der Waals surface area (Å²) < 4.78 is 0. The van der Waals surface area contributed by atoms with Crippen LogP contribution in [-0.2, 0) is 0 Å². The first kappa shape index (κ1) is 15.3. The summed E-state index contributed by atoms with van der Waals surface area (Å²) in [7, 11) is 0. The van der Waals surface area contributed by atoms with Gasteiger partial charge in [0, 0.05) is 25.2 Å². The van der Waals surface area contributed by atoms with E-state index in [0.717, 1.165) is 23.9 Å². The van der Waals surface area contributed by atoms with Crippen LogP contribution in [0.3, 0.4) is 0 Å². The second-order valence-electron chi connectivity index (χ2n) is 7.27. The zero-order valence-corrected chi connectivity index (χ0v) is 13.3. The smallest absolute Gasteiger partial charge is 0.0110 e. The second kappa shape index (κ2) is 7.64. The molecule has 2 rings (SSSR count). The average molecular weight is 266 g/mol. The van der Waals surface area contributed by atoms with Crippen LogP contribution in [0.5, 0.6) is 0 Å². The van der Waals surface area contributed by atoms with Crippen molar-refractivity contribution in [1.82, 2.24) is 10.2 Å². The van der Waals surface area contributed by atoms with E-state index in [1.165, 1.54) is 64.6 Å². The van der Waals surface area contributed by atoms with E-state index >= 15 is 0 Å². The van der Waals surface area contributed by atoms with Gasteiger partial charge in [0.15, 0.2) is 0 Å². The van der Waals surface area contributed by atoms with E-state index in [1.807, 2.05) is 0 Å². The van der Waals surface area contributed by atoms with Crippen LogP contribution in [0.15, 0.2) is 0 Å². The Kier molecular flexibility index (Phi) is 6.15. The maximum absolute atomic E-state index is 3.83. The molecule has 2 heteroatoms. The molecule has 0 saturated heterocycles. The third kappa shape index (κ3) is 5.43. The summed E-state index contributed by atoms with van der Waals surface area (Å²) in [6, 6.07) is 1.71. The summed E-state index contributed by atoms with van der Waals surface area (Å²) >= 11 is 0. The van der Waals surface area contributed by atoms with Crippen LogP contribution in [0.25, 0.3) is 0 Å². The Morgan fingerprint density at radius 1 is 1.05 bits per heavy atom. The quantitative estimate of drug-likeness (QED) is 0.721. The van der Waals surface area contributed by atoms with Crippen molar-refractivity contribution in [3.05, 3.63) is 0 Å². The van der Waals surface area contributed by atoms with Gasteiger partial charge in [-0.2, -0.15) is 0 Å². The molecule has 2 saturated carbocycles. The highest BCUT2D eigenvalue weighted by Gasteiger charge is 2.28. The van der Waals surface area contributed by atoms with Crippen molar-refractivity contribution >= 4 is 0 Å². The lowest BCUT2D eigenvalue weighted by molar-refractivity contribution is 0.226. The Morgan fingerprint density at radius 2 is 1.79 bits per heavy atom. The molecule has 0 heterocycles. The summed E-state index contributed by atoms with van der Waals surface area (Å²) in [4.78, 5) is 2.74. The third-order valence-electron chi connectivity index (χ3n) is 4.97. The summed E-state index contributed by atoms with van der Waals surface area (Å²) in [6.07, 6.45) is 9.95. The Bertz CT molecular complexity index is 248. The lowest BCUT2D eigenvalue weighted by atomic mass is 9.86. The van der Waals surface area contributed by atoms with Crippen molar-refractivity contribution < 1.29 is 0 Å². The summed E-state index contributed by atoms with van der Waals surface area (Å²) in [5, 5.41) is 3.83. The van der Waals surface area contributed by atoms with E-state index in [4.69, 9.17) is 0 Å². The van der Waals surface area contributed by atoms with Gasteiger partial charge in [0.05, 0.1) is 0 Å². The van der Waals surface area contributed by atoms with E-state index in [2.05, 4.69) is 31.0 Å². The van der Waals surface area contributed by atoms with E-state index in [0.29, 0.717) is 0 Å². The molecule has 0 spiro atoms. The van der Waals surface area contributed by atoms with Gasteiger partial charge in [-0.25, -0.2) is 0 Å². The van der Waals surface area contributed by atoms with Crippen LogP contribution in [-0.4, -0.2) is 36.6 Å². The van der Waals surface area contributed by atoms with Crippen molar-refractivity contribution in [2.45, 2.75) is 77.8 Å². The Labute approximate surface area is 120 Å². The molecule has 0 amide bonds. The fourth-order valence-corrected chi connectivity index (χ4v) is 3.35. The minimum Gasteiger partial charge on any atom is -0.312 e. The molecular weight excluding hydrogens is 232 g/mol. The molecule has 2 unspecified atom stereocenters. The first-order valence-electron chi connectivity index (χ1n) is 8.64. The van der Waals surface area contributed by atoms with Gasteiger partial charge in [0.2, 0.25) is 0 Å². The van der Waals surface area contributed by atoms with Gasteiger partial charge in [-0.1, -0.05) is 33.6 Å². The second-order valence-corrected chi connectivity index (χ2v) is 7.27. The predicted octanol–water partition coefficient (Wildman–Crippen LogP) is 3.67. The zero-order valence-electron chi connectivity index (χ0n) is 13.3. The molecule has 2 atom stereocenters. The topological polar surface area (TPSA) is 15.3 Å². The molecule has 0 radical (unpaired) electrons. The van der Waals surface area contributed by atoms with Crippen LogP contribution >= 0.6 is 0 Å². The SMILES string of the molecule is CC(C)CCN(CCNC1CCCCC1C)C1CC1. The standard InChI is InChI=1S/C17H34N2/c1-14(2)10-12-19(16-8-9-16)13-11-18-17-7-5-4-6-15(17)3/h14-18H,4-13H2,1-3H3. The molecular formula is C17H34N2. The summed E-state index contributed by atoms with van der Waals surface area (Å²) in [6.45, 7) is 10.9. The van der Waals surface area contributed by atoms with Crippen molar-refractivity contribution in [2.24, 2.45) is 11.8 Å². The molecule has 2 aliphatic carbocycles. The van der Waals surface area contributed by atoms with Crippen molar-refractivity contribution in [3.63, 3.8) is 0 Å². The molecule has 19 heavy (non-hydrogen) atoms. The van der Waals surface area contributed by atoms with Gasteiger partial charge in [-0.15, -0.1) is 0 Å². The number of hydrogen-bond acceptors (Lipinski definition) is 2. The van der Waals surface area contributed by atoms with Crippen LogP contribution in [0.2, 0.25) is 0 Å². The molecule has 112 valence electrons. The molecule has 2 fully saturated rings. The van der Waals surface area contributed by atoms with Gasteiger partial charge in [0.25, 0.3) is 0 Å². The van der Waals surface area contributed by atoms with E-state index in [9.17, 15) is 0 Å². The minimum atomic E-state index is 0.792. The van der Waals surface area contributed by atoms with E-state index < -0.39 is 0 Å². The monoisotopic (exact) mass is 266 g/mol. The third-order valence-corrected chi connectivity index (χ3v) is 4.97. The molecule has 2 nitrogen and oxygen atoms in total. The van der Waals surface area contributed by atoms with Gasteiger partial charge >= 0.3 is 0 Å². The zero-order chi connectivity index (χ0) is 13.7. The Morgan fingerprint density at radius 3 is 2.42 bits per heavy atom. The van der Waals surface area contributed by atoms with Gasteiger partial charge in [-0.05, 0) is 50.5 Å². The van der Waals surface area contributed by atoms with Gasteiger partial charge in [0.1, 0.15) is 0 Å². The highest BCUT2D eigenvalue weighted by molar-refractivity contribution is 4.85. The summed E-state index contributed by atoms with van der Waals surface area (Å²) in [5.74, 6) is 1.73. The number of rotatable bonds is 8. The van der Waals surface area contributed by atoms with E-state index in [-0.39, 0.29) is 0 Å². The molecule has 2 aliphatic rings. The first-order chi connectivity index (χ1) is 9.16. The Balaban J connectivity index is 1.64. The fraction of sp³-hybridized carbons (Fsp3) is 1.00. The maximum atomic E-state index is 3.83. The molecule has 0 aromatic heterocycles. The molecule has 0 aliphatic heterocycles. The largest absolute Gasteiger partial charge is 0.312 e. The van der Waals surface area contributed by atoms with Crippen LogP contribution in [0, 0.1) is 11.8 Å². The number of nitrogens with one attached hydrogen (secondary N) is 1. The highest BCUT2D eigenvalue weighted by atomic mass is 15.2. The lowest BCUT2D eigenvalue weighted by Crippen LogP contribution is -2.42. The molecule has 0 aromatic carbocycles. The summed E-state index contributed by atoms with van der Waals surface area (Å²) in [5.41, 5.74) is 0. The molecule has 1 N–H and O–H groups in total. The molecule has 0 aromatic rings. The van der Waals surface area contributed by atoms with Crippen LogP contribution < -0.4 is 5.32 Å². The minimum absolute atomic E-state index is 0.792. The van der Waals surface area contributed by atoms with Crippen molar-refractivity contribution in [2.75, 3.05) is 19.6 Å². The number of hydrogen-bond donors (Lipinski definition) is 1. The molecule has 0 bridgehead atoms. The van der Waals surface area contributed by atoms with Crippen LogP contribution in [0.1, 0.15) is 65.7 Å². The van der Waals surface area contributed by atoms with E-state index in [1.54, 1.807) is 0 Å². The van der Waals surface area contributed by atoms with Crippen molar-refractivity contribution in [1.29, 1.82) is 0 Å². The van der Waals surface area contributed by atoms with Crippen LogP contribution in [0.4, 0.5) is 0 Å². The highest BCUT2D eigenvalue weighted by Crippen LogP contribution is 2.27. The maximum Gasteiger partial charge on any atom is 0.0110 e. The lowest BCUT2D eigenvalue weighted by Gasteiger charge is -2.31. The van der Waals surface area contributed by atoms with Gasteiger partial charge in [-0.3, -0.25) is 4.90 Å². The normalized spacial score (nSPS) is 28.3. The number of nitrogens with zero attached hydrogens (tertiary/aromatic N) is 1. The van der Waals surface area contributed by atoms with Crippen molar-refractivity contribution in [3.8, 4) is 0 Å². The van der Waals surface area contributed by atoms with Gasteiger partial charge < -0.3 is 5.32 Å². The predicted molar refractivity (Wildman–Crippen MR) is 83.5 cm³/mol. The first-order valence-corrected chi connectivity index (χ1v) is 8.64. The Hall–Kier alpha value is -0.0800. The average Bonchev–Trinajstić information content (AvgIpc) is 3.19.